The molecule has 1 amide bonds. The summed E-state index contributed by atoms with van der Waals surface area (Å²) in [5, 5.41) is 0.965. The number of rotatable bonds is 5. The minimum absolute atomic E-state index is 0.0228. The van der Waals surface area contributed by atoms with E-state index in [1.807, 2.05) is 36.7 Å². The molecule has 134 valence electrons. The lowest BCUT2D eigenvalue weighted by atomic mass is 10.1. The molecule has 3 aromatic rings. The van der Waals surface area contributed by atoms with Crippen LogP contribution in [0.3, 0.4) is 0 Å². The third-order valence-electron chi connectivity index (χ3n) is 4.42. The second-order valence-electron chi connectivity index (χ2n) is 6.48. The summed E-state index contributed by atoms with van der Waals surface area (Å²) in [6.45, 7) is 4.26. The number of hydrogen-bond acceptors (Lipinski definition) is 3. The van der Waals surface area contributed by atoms with E-state index < -0.39 is 0 Å². The van der Waals surface area contributed by atoms with Gasteiger partial charge in [-0.15, -0.1) is 0 Å². The normalized spacial score (nSPS) is 10.8. The summed E-state index contributed by atoms with van der Waals surface area (Å²) in [5.74, 6) is 0.827. The van der Waals surface area contributed by atoms with Gasteiger partial charge in [0.1, 0.15) is 0 Å². The number of nitrogens with zero attached hydrogens (tertiary/aromatic N) is 3. The number of carbonyl (C=O) groups excluding carboxylic acids is 1. The molecule has 0 atom stereocenters. The van der Waals surface area contributed by atoms with Crippen LogP contribution in [0.2, 0.25) is 0 Å². The summed E-state index contributed by atoms with van der Waals surface area (Å²) >= 11 is 1.69. The number of thioether (sulfide) groups is 1. The molecule has 0 radical (unpaired) electrons. The molecule has 0 aliphatic rings. The van der Waals surface area contributed by atoms with Gasteiger partial charge < -0.3 is 4.90 Å². The largest absolute Gasteiger partial charge is 0.345 e. The molecule has 0 spiro atoms. The Hall–Kier alpha value is -2.53. The molecule has 0 aliphatic heterocycles. The maximum absolute atomic E-state index is 12.0. The lowest BCUT2D eigenvalue weighted by Crippen LogP contribution is -2.21. The molecule has 3 rings (SSSR count). The maximum atomic E-state index is 12.0. The van der Waals surface area contributed by atoms with Crippen molar-refractivity contribution in [2.24, 2.45) is 0 Å². The van der Waals surface area contributed by atoms with Gasteiger partial charge in [-0.1, -0.05) is 36.0 Å². The Morgan fingerprint density at radius 1 is 1.12 bits per heavy atom. The Kier molecular flexibility index (Phi) is 5.47. The Morgan fingerprint density at radius 3 is 2.54 bits per heavy atom. The molecule has 4 nitrogen and oxygen atoms in total. The molecule has 0 bridgehead atoms. The number of carbonyl (C=O) groups is 1. The van der Waals surface area contributed by atoms with E-state index in [2.05, 4.69) is 41.6 Å². The van der Waals surface area contributed by atoms with E-state index in [1.54, 1.807) is 30.8 Å². The molecule has 5 heteroatoms. The number of benzene rings is 2. The van der Waals surface area contributed by atoms with Crippen LogP contribution >= 0.6 is 11.8 Å². The standard InChI is InChI=1S/C21H23N3OS/c1-15-6-5-7-19(16(15)2)24-13-12-22-21(24)26-14-17-8-10-18(11-9-17)20(25)23(3)4/h5-13H,14H2,1-4H3. The van der Waals surface area contributed by atoms with Gasteiger partial charge in [0.15, 0.2) is 5.16 Å². The highest BCUT2D eigenvalue weighted by atomic mass is 32.2. The highest BCUT2D eigenvalue weighted by Gasteiger charge is 2.10. The van der Waals surface area contributed by atoms with Gasteiger partial charge >= 0.3 is 0 Å². The van der Waals surface area contributed by atoms with Crippen molar-refractivity contribution in [2.75, 3.05) is 14.1 Å². The third kappa shape index (κ3) is 3.83. The molecule has 2 aromatic carbocycles. The first-order valence-corrected chi connectivity index (χ1v) is 9.49. The van der Waals surface area contributed by atoms with Crippen LogP contribution in [-0.4, -0.2) is 34.5 Å². The molecular weight excluding hydrogens is 342 g/mol. The quantitative estimate of drug-likeness (QED) is 0.626. The summed E-state index contributed by atoms with van der Waals surface area (Å²) in [6.07, 6.45) is 3.84. The van der Waals surface area contributed by atoms with Gasteiger partial charge in [0.05, 0.1) is 5.69 Å². The molecule has 1 heterocycles. The summed E-state index contributed by atoms with van der Waals surface area (Å²) in [5.41, 5.74) is 5.57. The summed E-state index contributed by atoms with van der Waals surface area (Å²) < 4.78 is 2.14. The highest BCUT2D eigenvalue weighted by Crippen LogP contribution is 2.26. The van der Waals surface area contributed by atoms with E-state index >= 15 is 0 Å². The van der Waals surface area contributed by atoms with Crippen molar-refractivity contribution in [3.05, 3.63) is 77.1 Å². The molecule has 0 unspecified atom stereocenters. The van der Waals surface area contributed by atoms with E-state index in [0.29, 0.717) is 5.56 Å². The minimum Gasteiger partial charge on any atom is -0.345 e. The van der Waals surface area contributed by atoms with Gasteiger partial charge in [0.25, 0.3) is 5.91 Å². The molecule has 1 aromatic heterocycles. The van der Waals surface area contributed by atoms with Gasteiger partial charge in [-0.2, -0.15) is 0 Å². The minimum atomic E-state index is 0.0228. The van der Waals surface area contributed by atoms with Crippen molar-refractivity contribution < 1.29 is 4.79 Å². The first-order valence-electron chi connectivity index (χ1n) is 8.50. The van der Waals surface area contributed by atoms with Gasteiger partial charge in [0, 0.05) is 37.8 Å². The molecule has 0 saturated heterocycles. The van der Waals surface area contributed by atoms with E-state index in [9.17, 15) is 4.79 Å². The summed E-state index contributed by atoms with van der Waals surface area (Å²) in [4.78, 5) is 18.1. The van der Waals surface area contributed by atoms with Crippen molar-refractivity contribution in [1.29, 1.82) is 0 Å². The van der Waals surface area contributed by atoms with Crippen molar-refractivity contribution in [1.82, 2.24) is 14.5 Å². The Balaban J connectivity index is 1.75. The smallest absolute Gasteiger partial charge is 0.253 e. The van der Waals surface area contributed by atoms with Crippen LogP contribution in [0.15, 0.2) is 60.0 Å². The average molecular weight is 366 g/mol. The maximum Gasteiger partial charge on any atom is 0.253 e. The van der Waals surface area contributed by atoms with Crippen LogP contribution in [-0.2, 0) is 5.75 Å². The number of imidazole rings is 1. The first-order chi connectivity index (χ1) is 12.5. The Labute approximate surface area is 158 Å². The van der Waals surface area contributed by atoms with Crippen molar-refractivity contribution in [3.63, 3.8) is 0 Å². The van der Waals surface area contributed by atoms with Crippen LogP contribution in [0.25, 0.3) is 5.69 Å². The average Bonchev–Trinajstić information content (AvgIpc) is 3.10. The molecular formula is C21H23N3OS. The SMILES string of the molecule is Cc1cccc(-n2ccnc2SCc2ccc(C(=O)N(C)C)cc2)c1C. The second-order valence-corrected chi connectivity index (χ2v) is 7.43. The summed E-state index contributed by atoms with van der Waals surface area (Å²) in [6, 6.07) is 14.1. The Morgan fingerprint density at radius 2 is 1.85 bits per heavy atom. The second kappa shape index (κ2) is 7.79. The fourth-order valence-electron chi connectivity index (χ4n) is 2.73. The van der Waals surface area contributed by atoms with Crippen LogP contribution in [0.1, 0.15) is 27.0 Å². The zero-order valence-electron chi connectivity index (χ0n) is 15.6. The van der Waals surface area contributed by atoms with Crippen LogP contribution in [0.5, 0.6) is 0 Å². The van der Waals surface area contributed by atoms with Crippen molar-refractivity contribution in [3.8, 4) is 5.69 Å². The predicted molar refractivity (Wildman–Crippen MR) is 107 cm³/mol. The van der Waals surface area contributed by atoms with E-state index in [0.717, 1.165) is 16.6 Å². The Bertz CT molecular complexity index is 913. The summed E-state index contributed by atoms with van der Waals surface area (Å²) in [7, 11) is 3.53. The topological polar surface area (TPSA) is 38.1 Å². The van der Waals surface area contributed by atoms with Gasteiger partial charge in [0.2, 0.25) is 0 Å². The van der Waals surface area contributed by atoms with E-state index in [1.165, 1.54) is 16.7 Å². The van der Waals surface area contributed by atoms with Gasteiger partial charge in [-0.25, -0.2) is 4.98 Å². The lowest BCUT2D eigenvalue weighted by Gasteiger charge is -2.12. The van der Waals surface area contributed by atoms with Crippen LogP contribution in [0.4, 0.5) is 0 Å². The monoisotopic (exact) mass is 365 g/mol. The lowest BCUT2D eigenvalue weighted by molar-refractivity contribution is 0.0827. The highest BCUT2D eigenvalue weighted by molar-refractivity contribution is 7.98. The number of aryl methyl sites for hydroxylation is 1. The first kappa shape index (κ1) is 18.3. The van der Waals surface area contributed by atoms with Crippen LogP contribution < -0.4 is 0 Å². The number of amides is 1. The molecule has 0 saturated carbocycles. The van der Waals surface area contributed by atoms with E-state index in [4.69, 9.17) is 0 Å². The molecule has 0 N–H and O–H groups in total. The zero-order valence-corrected chi connectivity index (χ0v) is 16.4. The number of hydrogen-bond donors (Lipinski definition) is 0. The van der Waals surface area contributed by atoms with E-state index in [-0.39, 0.29) is 5.91 Å². The number of aromatic nitrogens is 2. The van der Waals surface area contributed by atoms with Crippen molar-refractivity contribution >= 4 is 17.7 Å². The fraction of sp³-hybridized carbons (Fsp3) is 0.238. The molecule has 26 heavy (non-hydrogen) atoms. The third-order valence-corrected chi connectivity index (χ3v) is 5.46. The van der Waals surface area contributed by atoms with Gasteiger partial charge in [-0.05, 0) is 48.7 Å². The predicted octanol–water partition coefficient (Wildman–Crippen LogP) is 4.48. The molecule has 0 aliphatic carbocycles. The zero-order chi connectivity index (χ0) is 18.7. The van der Waals surface area contributed by atoms with Gasteiger partial charge in [-0.3, -0.25) is 9.36 Å². The van der Waals surface area contributed by atoms with Crippen LogP contribution in [0, 0.1) is 13.8 Å². The molecule has 0 fully saturated rings. The van der Waals surface area contributed by atoms with Crippen molar-refractivity contribution in [2.45, 2.75) is 24.8 Å². The fourth-order valence-corrected chi connectivity index (χ4v) is 3.65.